The molecule has 0 aromatic rings. The molecule has 0 aromatic heterocycles. The molecule has 48 valence electrons. The molecule has 0 bridgehead atoms. The van der Waals surface area contributed by atoms with Gasteiger partial charge in [-0.1, -0.05) is 0 Å². The van der Waals surface area contributed by atoms with E-state index < -0.39 is 15.1 Å². The van der Waals surface area contributed by atoms with Gasteiger partial charge in [0.15, 0.2) is 4.93 Å². The standard InChI is InChI=1S/C3H6O4S.Na/c4-3(1-2-3)8(5,6)7;/h4H,1-2H2,(H,5,6,7);/q;+1/p-1. The third kappa shape index (κ3) is 1.89. The van der Waals surface area contributed by atoms with Crippen LogP contribution in [0.1, 0.15) is 12.8 Å². The fourth-order valence-corrected chi connectivity index (χ4v) is 0.959. The van der Waals surface area contributed by atoms with Gasteiger partial charge in [0.25, 0.3) is 0 Å². The average Bonchev–Trinajstić information content (AvgIpc) is 2.16. The van der Waals surface area contributed by atoms with Crippen LogP contribution in [0, 0.1) is 0 Å². The van der Waals surface area contributed by atoms with Gasteiger partial charge in [0.05, 0.1) is 0 Å². The maximum Gasteiger partial charge on any atom is 1.00 e. The predicted molar refractivity (Wildman–Crippen MR) is 23.9 cm³/mol. The summed E-state index contributed by atoms with van der Waals surface area (Å²) in [6.07, 6.45) is 0.192. The van der Waals surface area contributed by atoms with Crippen LogP contribution in [0.25, 0.3) is 0 Å². The molecule has 1 saturated carbocycles. The minimum atomic E-state index is -4.42. The Balaban J connectivity index is 0.000000640. The fourth-order valence-electron chi connectivity index (χ4n) is 0.357. The minimum Gasteiger partial charge on any atom is -0.746 e. The first kappa shape index (κ1) is 9.87. The molecule has 0 amide bonds. The van der Waals surface area contributed by atoms with Crippen molar-refractivity contribution in [2.75, 3.05) is 0 Å². The van der Waals surface area contributed by atoms with Crippen molar-refractivity contribution in [3.05, 3.63) is 0 Å². The van der Waals surface area contributed by atoms with E-state index in [0.29, 0.717) is 0 Å². The molecule has 0 aromatic carbocycles. The van der Waals surface area contributed by atoms with Gasteiger partial charge in [0.2, 0.25) is 0 Å². The normalized spacial score (nSPS) is 22.4. The van der Waals surface area contributed by atoms with Crippen LogP contribution in [-0.2, 0) is 10.1 Å². The van der Waals surface area contributed by atoms with Crippen molar-refractivity contribution < 1.29 is 47.6 Å². The summed E-state index contributed by atoms with van der Waals surface area (Å²) in [7, 11) is -4.42. The number of hydrogen-bond donors (Lipinski definition) is 1. The second-order valence-corrected chi connectivity index (χ2v) is 3.57. The fraction of sp³-hybridized carbons (Fsp3) is 1.00. The molecule has 1 aliphatic rings. The minimum absolute atomic E-state index is 0. The van der Waals surface area contributed by atoms with E-state index in [2.05, 4.69) is 0 Å². The van der Waals surface area contributed by atoms with Gasteiger partial charge in [0.1, 0.15) is 10.1 Å². The summed E-state index contributed by atoms with van der Waals surface area (Å²) in [4.78, 5) is -1.90. The monoisotopic (exact) mass is 160 g/mol. The molecule has 4 nitrogen and oxygen atoms in total. The van der Waals surface area contributed by atoms with E-state index in [4.69, 9.17) is 5.11 Å². The Kier molecular flexibility index (Phi) is 2.72. The quantitative estimate of drug-likeness (QED) is 0.313. The van der Waals surface area contributed by atoms with Crippen LogP contribution in [0.15, 0.2) is 0 Å². The zero-order valence-electron chi connectivity index (χ0n) is 4.99. The van der Waals surface area contributed by atoms with E-state index in [1.165, 1.54) is 0 Å². The van der Waals surface area contributed by atoms with E-state index in [0.717, 1.165) is 0 Å². The Morgan fingerprint density at radius 1 is 1.44 bits per heavy atom. The molecule has 1 aliphatic carbocycles. The number of hydrogen-bond acceptors (Lipinski definition) is 4. The van der Waals surface area contributed by atoms with Gasteiger partial charge < -0.3 is 9.66 Å². The first-order valence-corrected chi connectivity index (χ1v) is 3.54. The molecule has 1 N–H and O–H groups in total. The zero-order valence-corrected chi connectivity index (χ0v) is 7.81. The molecule has 0 unspecified atom stereocenters. The third-order valence-electron chi connectivity index (χ3n) is 1.14. The van der Waals surface area contributed by atoms with Crippen LogP contribution in [0.4, 0.5) is 0 Å². The summed E-state index contributed by atoms with van der Waals surface area (Å²) in [6.45, 7) is 0. The Hall–Kier alpha value is 0.870. The molecule has 6 heteroatoms. The molecule has 0 heterocycles. The summed E-state index contributed by atoms with van der Waals surface area (Å²) < 4.78 is 29.7. The van der Waals surface area contributed by atoms with Crippen LogP contribution in [0.3, 0.4) is 0 Å². The van der Waals surface area contributed by atoms with Gasteiger partial charge in [-0.3, -0.25) is 0 Å². The van der Waals surface area contributed by atoms with E-state index in [-0.39, 0.29) is 42.4 Å². The molecule has 0 saturated heterocycles. The number of rotatable bonds is 1. The van der Waals surface area contributed by atoms with Crippen LogP contribution < -0.4 is 29.6 Å². The zero-order chi connectivity index (χ0) is 6.41. The van der Waals surface area contributed by atoms with Gasteiger partial charge >= 0.3 is 29.6 Å². The van der Waals surface area contributed by atoms with Crippen molar-refractivity contribution in [3.8, 4) is 0 Å². The summed E-state index contributed by atoms with van der Waals surface area (Å²) in [5, 5.41) is 8.56. The Labute approximate surface area is 75.3 Å². The van der Waals surface area contributed by atoms with Crippen molar-refractivity contribution in [1.82, 2.24) is 0 Å². The van der Waals surface area contributed by atoms with Crippen molar-refractivity contribution >= 4 is 10.1 Å². The molecule has 1 fully saturated rings. The molecule has 1 rings (SSSR count). The summed E-state index contributed by atoms with van der Waals surface area (Å²) in [5.41, 5.74) is 0. The second-order valence-electron chi connectivity index (χ2n) is 1.90. The summed E-state index contributed by atoms with van der Waals surface area (Å²) in [6, 6.07) is 0. The SMILES string of the molecule is O=S(=O)([O-])C1(O)CC1.[Na+]. The Morgan fingerprint density at radius 2 is 1.78 bits per heavy atom. The first-order valence-electron chi connectivity index (χ1n) is 2.13. The smallest absolute Gasteiger partial charge is 0.746 e. The van der Waals surface area contributed by atoms with Crippen LogP contribution in [0.2, 0.25) is 0 Å². The third-order valence-corrected chi connectivity index (χ3v) is 2.48. The van der Waals surface area contributed by atoms with Crippen LogP contribution in [0.5, 0.6) is 0 Å². The summed E-state index contributed by atoms with van der Waals surface area (Å²) >= 11 is 0. The first-order chi connectivity index (χ1) is 3.46. The van der Waals surface area contributed by atoms with Gasteiger partial charge in [0, 0.05) is 0 Å². The Bertz CT molecular complexity index is 192. The summed E-state index contributed by atoms with van der Waals surface area (Å²) in [5.74, 6) is 0. The Morgan fingerprint density at radius 3 is 1.78 bits per heavy atom. The van der Waals surface area contributed by atoms with Gasteiger partial charge in [-0.15, -0.1) is 0 Å². The average molecular weight is 160 g/mol. The largest absolute Gasteiger partial charge is 1.00 e. The maximum atomic E-state index is 9.91. The number of aliphatic hydroxyl groups is 1. The predicted octanol–water partition coefficient (Wildman–Crippen LogP) is -3.98. The van der Waals surface area contributed by atoms with Crippen LogP contribution in [-0.4, -0.2) is 23.0 Å². The molecule has 9 heavy (non-hydrogen) atoms. The van der Waals surface area contributed by atoms with Crippen molar-refractivity contribution in [2.24, 2.45) is 0 Å². The van der Waals surface area contributed by atoms with Crippen molar-refractivity contribution in [2.45, 2.75) is 17.8 Å². The van der Waals surface area contributed by atoms with E-state index >= 15 is 0 Å². The molecular weight excluding hydrogens is 155 g/mol. The van der Waals surface area contributed by atoms with Crippen LogP contribution >= 0.6 is 0 Å². The second kappa shape index (κ2) is 2.48. The van der Waals surface area contributed by atoms with Crippen molar-refractivity contribution in [1.29, 1.82) is 0 Å². The molecule has 0 aliphatic heterocycles. The van der Waals surface area contributed by atoms with Gasteiger partial charge in [-0.25, -0.2) is 8.42 Å². The van der Waals surface area contributed by atoms with Crippen molar-refractivity contribution in [3.63, 3.8) is 0 Å². The van der Waals surface area contributed by atoms with E-state index in [1.54, 1.807) is 0 Å². The maximum absolute atomic E-state index is 9.91. The molecule has 0 atom stereocenters. The molecule has 0 radical (unpaired) electrons. The molecular formula is C3H5NaO4S. The molecule has 0 spiro atoms. The van der Waals surface area contributed by atoms with Gasteiger partial charge in [-0.05, 0) is 12.8 Å². The van der Waals surface area contributed by atoms with E-state index in [9.17, 15) is 13.0 Å². The van der Waals surface area contributed by atoms with Gasteiger partial charge in [-0.2, -0.15) is 0 Å². The van der Waals surface area contributed by atoms with E-state index in [1.807, 2.05) is 0 Å². The topological polar surface area (TPSA) is 77.4 Å².